The van der Waals surface area contributed by atoms with Crippen molar-refractivity contribution < 1.29 is 19.1 Å². The Morgan fingerprint density at radius 1 is 1.42 bits per heavy atom. The third kappa shape index (κ3) is 1.20. The maximum Gasteiger partial charge on any atom is 0.346 e. The van der Waals surface area contributed by atoms with Gasteiger partial charge >= 0.3 is 5.97 Å². The van der Waals surface area contributed by atoms with Crippen LogP contribution in [-0.4, -0.2) is 24.5 Å². The van der Waals surface area contributed by atoms with Crippen molar-refractivity contribution in [3.05, 3.63) is 11.8 Å². The van der Waals surface area contributed by atoms with E-state index in [-0.39, 0.29) is 11.4 Å². The fraction of sp³-hybridized carbons (Fsp3) is 0.500. The molecule has 0 radical (unpaired) electrons. The molecule has 1 fully saturated rings. The Bertz CT molecular complexity index is 262. The van der Waals surface area contributed by atoms with Crippen molar-refractivity contribution in [1.82, 2.24) is 0 Å². The van der Waals surface area contributed by atoms with E-state index in [1.54, 1.807) is 13.8 Å². The van der Waals surface area contributed by atoms with Crippen LogP contribution in [0.4, 0.5) is 0 Å². The van der Waals surface area contributed by atoms with Crippen LogP contribution in [0.15, 0.2) is 11.8 Å². The van der Waals surface area contributed by atoms with Gasteiger partial charge in [-0.05, 0) is 13.8 Å². The predicted octanol–water partition coefficient (Wildman–Crippen LogP) is 0.421. The van der Waals surface area contributed by atoms with Crippen molar-refractivity contribution in [3.63, 3.8) is 0 Å². The maximum absolute atomic E-state index is 11.3. The number of esters is 1. The van der Waals surface area contributed by atoms with E-state index >= 15 is 0 Å². The predicted molar refractivity (Wildman–Crippen MR) is 40.3 cm³/mol. The third-order valence-electron chi connectivity index (χ3n) is 1.59. The number of Topliss-reactive ketones (excluding diaryl/α,β-unsaturated/α-hetero) is 1. The molecule has 0 aromatic carbocycles. The number of ether oxygens (including phenoxy) is 2. The molecule has 0 saturated carbocycles. The second kappa shape index (κ2) is 2.62. The molecule has 0 atom stereocenters. The van der Waals surface area contributed by atoms with Crippen molar-refractivity contribution in [3.8, 4) is 0 Å². The van der Waals surface area contributed by atoms with Crippen molar-refractivity contribution >= 4 is 11.8 Å². The number of methoxy groups -OCH3 is 1. The molecule has 0 aliphatic carbocycles. The molecule has 0 aromatic heterocycles. The topological polar surface area (TPSA) is 52.6 Å². The zero-order chi connectivity index (χ0) is 9.35. The zero-order valence-corrected chi connectivity index (χ0v) is 7.21. The first kappa shape index (κ1) is 8.77. The molecule has 1 aliphatic heterocycles. The van der Waals surface area contributed by atoms with Crippen molar-refractivity contribution in [1.29, 1.82) is 0 Å². The molecule has 12 heavy (non-hydrogen) atoms. The molecule has 4 heteroatoms. The molecular formula is C8H10O4. The van der Waals surface area contributed by atoms with E-state index in [9.17, 15) is 9.59 Å². The van der Waals surface area contributed by atoms with Gasteiger partial charge in [-0.2, -0.15) is 0 Å². The summed E-state index contributed by atoms with van der Waals surface area (Å²) in [5.41, 5.74) is -1.07. The lowest BCUT2D eigenvalue weighted by molar-refractivity contribution is -0.147. The number of cyclic esters (lactones) is 1. The number of ketones is 1. The maximum atomic E-state index is 11.3. The van der Waals surface area contributed by atoms with Gasteiger partial charge < -0.3 is 9.47 Å². The summed E-state index contributed by atoms with van der Waals surface area (Å²) >= 11 is 0. The molecule has 0 N–H and O–H groups in total. The van der Waals surface area contributed by atoms with Gasteiger partial charge in [-0.1, -0.05) is 0 Å². The van der Waals surface area contributed by atoms with Crippen molar-refractivity contribution in [2.75, 3.05) is 7.11 Å². The Kier molecular flexibility index (Phi) is 1.92. The summed E-state index contributed by atoms with van der Waals surface area (Å²) < 4.78 is 9.37. The molecule has 0 bridgehead atoms. The monoisotopic (exact) mass is 170 g/mol. The average Bonchev–Trinajstić information content (AvgIpc) is 2.13. The van der Waals surface area contributed by atoms with Gasteiger partial charge in [-0.15, -0.1) is 0 Å². The molecule has 0 aromatic rings. The van der Waals surface area contributed by atoms with Gasteiger partial charge in [0.25, 0.3) is 0 Å². The number of carbonyl (C=O) groups is 2. The van der Waals surface area contributed by atoms with Crippen LogP contribution in [0.5, 0.6) is 0 Å². The van der Waals surface area contributed by atoms with E-state index in [1.165, 1.54) is 7.11 Å². The highest BCUT2D eigenvalue weighted by Crippen LogP contribution is 2.25. The number of hydrogen-bond donors (Lipinski definition) is 0. The minimum absolute atomic E-state index is 0.0255. The molecule has 66 valence electrons. The smallest absolute Gasteiger partial charge is 0.346 e. The lowest BCUT2D eigenvalue weighted by Crippen LogP contribution is -2.27. The average molecular weight is 170 g/mol. The van der Waals surface area contributed by atoms with E-state index in [4.69, 9.17) is 4.74 Å². The number of hydrogen-bond acceptors (Lipinski definition) is 4. The molecular weight excluding hydrogens is 160 g/mol. The van der Waals surface area contributed by atoms with Gasteiger partial charge in [-0.25, -0.2) is 4.79 Å². The summed E-state index contributed by atoms with van der Waals surface area (Å²) in [5, 5.41) is 0. The number of rotatable bonds is 1. The lowest BCUT2D eigenvalue weighted by Gasteiger charge is -2.11. The summed E-state index contributed by atoms with van der Waals surface area (Å²) in [4.78, 5) is 22.3. The molecule has 1 heterocycles. The second-order valence-corrected chi connectivity index (χ2v) is 3.00. The molecule has 0 unspecified atom stereocenters. The largest absolute Gasteiger partial charge is 0.503 e. The highest BCUT2D eigenvalue weighted by molar-refractivity contribution is 6.24. The van der Waals surface area contributed by atoms with Crippen molar-refractivity contribution in [2.24, 2.45) is 0 Å². The highest BCUT2D eigenvalue weighted by Gasteiger charge is 2.45. The number of carbonyl (C=O) groups excluding carboxylic acids is 2. The van der Waals surface area contributed by atoms with Crippen LogP contribution < -0.4 is 0 Å². The van der Waals surface area contributed by atoms with Crippen LogP contribution in [0.3, 0.4) is 0 Å². The van der Waals surface area contributed by atoms with Crippen LogP contribution in [0, 0.1) is 0 Å². The van der Waals surface area contributed by atoms with E-state index in [2.05, 4.69) is 4.74 Å². The van der Waals surface area contributed by atoms with Gasteiger partial charge in [0.2, 0.25) is 5.78 Å². The SMILES string of the molecule is CO/C=C1/C(=O)OC(C)(C)C1=O. The van der Waals surface area contributed by atoms with E-state index < -0.39 is 11.6 Å². The molecule has 4 nitrogen and oxygen atoms in total. The minimum Gasteiger partial charge on any atom is -0.503 e. The second-order valence-electron chi connectivity index (χ2n) is 3.00. The standard InChI is InChI=1S/C8H10O4/c1-8(2)6(9)5(4-11-3)7(10)12-8/h4H,1-3H3/b5-4+. The summed E-state index contributed by atoms with van der Waals surface area (Å²) in [6, 6.07) is 0. The van der Waals surface area contributed by atoms with Crippen LogP contribution in [-0.2, 0) is 19.1 Å². The summed E-state index contributed by atoms with van der Waals surface area (Å²) in [6.07, 6.45) is 1.11. The van der Waals surface area contributed by atoms with Gasteiger partial charge in [0.15, 0.2) is 5.60 Å². The van der Waals surface area contributed by atoms with Crippen LogP contribution in [0.2, 0.25) is 0 Å². The van der Waals surface area contributed by atoms with Gasteiger partial charge in [-0.3, -0.25) is 4.79 Å². The Labute approximate surface area is 70.1 Å². The van der Waals surface area contributed by atoms with Gasteiger partial charge in [0, 0.05) is 0 Å². The molecule has 1 rings (SSSR count). The molecule has 0 spiro atoms. The Balaban J connectivity index is 3.01. The first-order chi connectivity index (χ1) is 5.49. The Hall–Kier alpha value is -1.32. The summed E-state index contributed by atoms with van der Waals surface area (Å²) in [6.45, 7) is 3.09. The van der Waals surface area contributed by atoms with E-state index in [0.717, 1.165) is 6.26 Å². The van der Waals surface area contributed by atoms with Crippen LogP contribution >= 0.6 is 0 Å². The highest BCUT2D eigenvalue weighted by atomic mass is 16.6. The Morgan fingerprint density at radius 3 is 2.33 bits per heavy atom. The Morgan fingerprint density at radius 2 is 2.00 bits per heavy atom. The normalized spacial score (nSPS) is 24.4. The zero-order valence-electron chi connectivity index (χ0n) is 7.21. The fourth-order valence-corrected chi connectivity index (χ4v) is 0.970. The molecule has 1 aliphatic rings. The minimum atomic E-state index is -1.04. The van der Waals surface area contributed by atoms with E-state index in [1.807, 2.05) is 0 Å². The van der Waals surface area contributed by atoms with Gasteiger partial charge in [0.05, 0.1) is 7.11 Å². The fourth-order valence-electron chi connectivity index (χ4n) is 0.970. The third-order valence-corrected chi connectivity index (χ3v) is 1.59. The van der Waals surface area contributed by atoms with Crippen LogP contribution in [0.25, 0.3) is 0 Å². The summed E-state index contributed by atoms with van der Waals surface area (Å²) in [5.74, 6) is -0.957. The lowest BCUT2D eigenvalue weighted by atomic mass is 10.0. The van der Waals surface area contributed by atoms with Gasteiger partial charge in [0.1, 0.15) is 11.8 Å². The summed E-state index contributed by atoms with van der Waals surface area (Å²) in [7, 11) is 1.37. The molecule has 1 saturated heterocycles. The first-order valence-corrected chi connectivity index (χ1v) is 3.50. The van der Waals surface area contributed by atoms with Crippen LogP contribution in [0.1, 0.15) is 13.8 Å². The first-order valence-electron chi connectivity index (χ1n) is 3.50. The quantitative estimate of drug-likeness (QED) is 0.248. The van der Waals surface area contributed by atoms with Crippen molar-refractivity contribution in [2.45, 2.75) is 19.4 Å². The molecule has 0 amide bonds. The van der Waals surface area contributed by atoms with E-state index in [0.29, 0.717) is 0 Å².